The van der Waals surface area contributed by atoms with E-state index < -0.39 is 11.8 Å². The minimum Gasteiger partial charge on any atom is -0.478 e. The number of aromatic carboxylic acids is 1. The maximum absolute atomic E-state index is 13.9. The van der Waals surface area contributed by atoms with Gasteiger partial charge in [-0.3, -0.25) is 0 Å². The maximum atomic E-state index is 13.9. The molecule has 0 amide bonds. The normalized spacial score (nSPS) is 10.3. The first kappa shape index (κ1) is 23.1. The van der Waals surface area contributed by atoms with Gasteiger partial charge in [0.1, 0.15) is 5.82 Å². The summed E-state index contributed by atoms with van der Waals surface area (Å²) < 4.78 is 13.9. The lowest BCUT2D eigenvalue weighted by Crippen LogP contribution is -2.24. The van der Waals surface area contributed by atoms with Crippen molar-refractivity contribution < 1.29 is 14.3 Å². The number of nitrogens with zero attached hydrogens (tertiary/aromatic N) is 1. The molecule has 0 saturated heterocycles. The zero-order valence-electron chi connectivity index (χ0n) is 18.4. The third-order valence-corrected chi connectivity index (χ3v) is 5.28. The summed E-state index contributed by atoms with van der Waals surface area (Å²) in [7, 11) is 0. The number of halogens is 1. The van der Waals surface area contributed by atoms with Gasteiger partial charge in [0.25, 0.3) is 0 Å². The maximum Gasteiger partial charge on any atom is 0.338 e. The zero-order valence-corrected chi connectivity index (χ0v) is 18.4. The number of carbonyl (C=O) groups is 1. The highest BCUT2D eigenvalue weighted by atomic mass is 19.1. The molecular formula is C28H28FNO2. The van der Waals surface area contributed by atoms with Crippen LogP contribution in [0.5, 0.6) is 0 Å². The minimum absolute atomic E-state index is 0.299. The van der Waals surface area contributed by atoms with Gasteiger partial charge in [-0.2, -0.15) is 0 Å². The molecule has 0 aliphatic rings. The predicted molar refractivity (Wildman–Crippen MR) is 127 cm³/mol. The van der Waals surface area contributed by atoms with E-state index in [4.69, 9.17) is 0 Å². The summed E-state index contributed by atoms with van der Waals surface area (Å²) in [6.07, 6.45) is 4.40. The molecular weight excluding hydrogens is 401 g/mol. The molecule has 0 bridgehead atoms. The number of carboxylic acids is 1. The number of hydrogen-bond donors (Lipinski definition) is 1. The topological polar surface area (TPSA) is 40.5 Å². The molecule has 0 radical (unpaired) electrons. The van der Waals surface area contributed by atoms with Gasteiger partial charge in [0.2, 0.25) is 0 Å². The highest BCUT2D eigenvalue weighted by Crippen LogP contribution is 2.22. The quantitative estimate of drug-likeness (QED) is 0.311. The molecule has 0 fully saturated rings. The highest BCUT2D eigenvalue weighted by Gasteiger charge is 2.15. The van der Waals surface area contributed by atoms with Gasteiger partial charge in [-0.25, -0.2) is 9.18 Å². The van der Waals surface area contributed by atoms with Crippen molar-refractivity contribution in [2.45, 2.75) is 39.2 Å². The molecule has 0 heterocycles. The van der Waals surface area contributed by atoms with Crippen molar-refractivity contribution in [2.75, 3.05) is 11.4 Å². The Morgan fingerprint density at radius 3 is 2.25 bits per heavy atom. The van der Waals surface area contributed by atoms with Gasteiger partial charge in [0, 0.05) is 29.9 Å². The Bertz CT molecular complexity index is 1080. The van der Waals surface area contributed by atoms with Crippen LogP contribution in [0.25, 0.3) is 0 Å². The van der Waals surface area contributed by atoms with Crippen LogP contribution in [0.3, 0.4) is 0 Å². The summed E-state index contributed by atoms with van der Waals surface area (Å²) in [4.78, 5) is 13.5. The molecule has 3 aromatic rings. The number of anilines is 1. The fraction of sp³-hybridized carbons (Fsp3) is 0.250. The van der Waals surface area contributed by atoms with Crippen LogP contribution in [-0.4, -0.2) is 17.6 Å². The predicted octanol–water partition coefficient (Wildman–Crippen LogP) is 6.51. The molecule has 0 aliphatic carbocycles. The van der Waals surface area contributed by atoms with Crippen molar-refractivity contribution in [3.63, 3.8) is 0 Å². The second-order valence-electron chi connectivity index (χ2n) is 7.76. The van der Waals surface area contributed by atoms with Crippen LogP contribution < -0.4 is 4.90 Å². The number of rotatable bonds is 9. The summed E-state index contributed by atoms with van der Waals surface area (Å²) in [6, 6.07) is 22.2. The van der Waals surface area contributed by atoms with Gasteiger partial charge in [0.15, 0.2) is 0 Å². The molecule has 0 aromatic heterocycles. The van der Waals surface area contributed by atoms with E-state index in [0.717, 1.165) is 48.9 Å². The molecule has 4 heteroatoms. The number of hydrogen-bond acceptors (Lipinski definition) is 2. The van der Waals surface area contributed by atoms with E-state index >= 15 is 0 Å². The third kappa shape index (κ3) is 6.72. The second kappa shape index (κ2) is 11.7. The highest BCUT2D eigenvalue weighted by molar-refractivity contribution is 5.89. The van der Waals surface area contributed by atoms with Crippen LogP contribution >= 0.6 is 0 Å². The van der Waals surface area contributed by atoms with Gasteiger partial charge in [0.05, 0.1) is 5.56 Å². The molecule has 0 saturated carbocycles. The first-order valence-corrected chi connectivity index (χ1v) is 11.0. The summed E-state index contributed by atoms with van der Waals surface area (Å²) >= 11 is 0. The fourth-order valence-corrected chi connectivity index (χ4v) is 3.48. The molecule has 0 aliphatic heterocycles. The molecule has 3 rings (SSSR count). The summed E-state index contributed by atoms with van der Waals surface area (Å²) in [5.41, 5.74) is 3.41. The van der Waals surface area contributed by atoms with E-state index in [1.807, 2.05) is 54.6 Å². The van der Waals surface area contributed by atoms with Crippen LogP contribution in [0.2, 0.25) is 0 Å². The smallest absolute Gasteiger partial charge is 0.338 e. The Kier molecular flexibility index (Phi) is 8.45. The van der Waals surface area contributed by atoms with E-state index in [1.54, 1.807) is 6.07 Å². The van der Waals surface area contributed by atoms with Crippen molar-refractivity contribution >= 4 is 11.7 Å². The van der Waals surface area contributed by atoms with Crippen molar-refractivity contribution in [1.82, 2.24) is 0 Å². The Morgan fingerprint density at radius 2 is 1.59 bits per heavy atom. The lowest BCUT2D eigenvalue weighted by atomic mass is 10.1. The first-order chi connectivity index (χ1) is 15.6. The van der Waals surface area contributed by atoms with Gasteiger partial charge in [-0.15, -0.1) is 0 Å². The van der Waals surface area contributed by atoms with E-state index in [-0.39, 0.29) is 5.56 Å². The Labute approximate surface area is 189 Å². The molecule has 32 heavy (non-hydrogen) atoms. The van der Waals surface area contributed by atoms with Gasteiger partial charge in [-0.1, -0.05) is 68.4 Å². The largest absolute Gasteiger partial charge is 0.478 e. The fourth-order valence-electron chi connectivity index (χ4n) is 3.48. The summed E-state index contributed by atoms with van der Waals surface area (Å²) in [5, 5.41) is 9.30. The Hall–Kier alpha value is -3.58. The van der Waals surface area contributed by atoms with Crippen molar-refractivity contribution in [1.29, 1.82) is 0 Å². The average Bonchev–Trinajstić information content (AvgIpc) is 2.81. The molecule has 0 unspecified atom stereocenters. The van der Waals surface area contributed by atoms with Crippen LogP contribution in [-0.2, 0) is 6.54 Å². The third-order valence-electron chi connectivity index (χ3n) is 5.28. The number of benzene rings is 3. The van der Waals surface area contributed by atoms with Gasteiger partial charge < -0.3 is 10.0 Å². The lowest BCUT2D eigenvalue weighted by Gasteiger charge is -2.25. The zero-order chi connectivity index (χ0) is 22.8. The Morgan fingerprint density at radius 1 is 0.906 bits per heavy atom. The average molecular weight is 430 g/mol. The van der Waals surface area contributed by atoms with Crippen LogP contribution in [0.4, 0.5) is 10.1 Å². The lowest BCUT2D eigenvalue weighted by molar-refractivity contribution is 0.0692. The SMILES string of the molecule is CCCCCCN(Cc1ccc(C#Cc2ccccc2)cc1)c1ccc(F)c(C(=O)O)c1. The van der Waals surface area contributed by atoms with Crippen LogP contribution in [0.15, 0.2) is 72.8 Å². The first-order valence-electron chi connectivity index (χ1n) is 11.0. The van der Waals surface area contributed by atoms with Crippen molar-refractivity contribution in [3.8, 4) is 11.8 Å². The number of carboxylic acid groups (broad SMARTS) is 1. The monoisotopic (exact) mass is 429 g/mol. The molecule has 3 nitrogen and oxygen atoms in total. The standard InChI is InChI=1S/C28H28FNO2/c1-2-3-4-8-19-30(25-17-18-27(29)26(20-25)28(31)32)21-24-15-13-23(14-16-24)12-11-22-9-6-5-7-10-22/h5-7,9-10,13-18,20H,2-4,8,19,21H2,1H3,(H,31,32). The van der Waals surface area contributed by atoms with Gasteiger partial charge >= 0.3 is 5.97 Å². The second-order valence-corrected chi connectivity index (χ2v) is 7.76. The molecule has 0 atom stereocenters. The molecule has 0 spiro atoms. The van der Waals surface area contributed by atoms with Crippen LogP contribution in [0, 0.1) is 17.7 Å². The van der Waals surface area contributed by atoms with E-state index in [0.29, 0.717) is 12.2 Å². The molecule has 3 aromatic carbocycles. The van der Waals surface area contributed by atoms with Crippen molar-refractivity contribution in [2.24, 2.45) is 0 Å². The summed E-state index contributed by atoms with van der Waals surface area (Å²) in [6.45, 7) is 3.56. The molecule has 164 valence electrons. The van der Waals surface area contributed by atoms with E-state index in [2.05, 4.69) is 23.7 Å². The molecule has 1 N–H and O–H groups in total. The van der Waals surface area contributed by atoms with Gasteiger partial charge in [-0.05, 0) is 54.4 Å². The van der Waals surface area contributed by atoms with E-state index in [9.17, 15) is 14.3 Å². The van der Waals surface area contributed by atoms with Crippen LogP contribution in [0.1, 0.15) is 59.7 Å². The van der Waals surface area contributed by atoms with Crippen molar-refractivity contribution in [3.05, 3.63) is 101 Å². The minimum atomic E-state index is -1.25. The number of unbranched alkanes of at least 4 members (excludes halogenated alkanes) is 3. The Balaban J connectivity index is 1.76. The van der Waals surface area contributed by atoms with E-state index in [1.165, 1.54) is 12.1 Å². The summed E-state index contributed by atoms with van der Waals surface area (Å²) in [5.74, 6) is 4.37.